The molecular formula is C16H18N4. The molecule has 2 aliphatic carbocycles. The van der Waals surface area contributed by atoms with Crippen molar-refractivity contribution in [1.29, 1.82) is 0 Å². The van der Waals surface area contributed by atoms with Gasteiger partial charge >= 0.3 is 0 Å². The van der Waals surface area contributed by atoms with Crippen molar-refractivity contribution in [3.8, 4) is 11.4 Å². The fraction of sp³-hybridized carbons (Fsp3) is 0.375. The highest BCUT2D eigenvalue weighted by Crippen LogP contribution is 2.40. The standard InChI is InChI=1S/C16H18N4/c17-20-16-13-2-1-3-14(13)18-15(19-16)12-8-6-11(7-9-12)10-4-5-10/h6-10H,1-5,17H2,(H,18,19,20). The van der Waals surface area contributed by atoms with E-state index in [0.29, 0.717) is 0 Å². The summed E-state index contributed by atoms with van der Waals surface area (Å²) in [5, 5.41) is 0. The first-order chi connectivity index (χ1) is 9.85. The van der Waals surface area contributed by atoms with Gasteiger partial charge in [0.05, 0.1) is 0 Å². The van der Waals surface area contributed by atoms with Crippen molar-refractivity contribution in [2.75, 3.05) is 5.43 Å². The highest BCUT2D eigenvalue weighted by molar-refractivity contribution is 5.61. The third kappa shape index (κ3) is 1.96. The van der Waals surface area contributed by atoms with Gasteiger partial charge in [0.25, 0.3) is 0 Å². The Morgan fingerprint density at radius 2 is 1.85 bits per heavy atom. The molecule has 0 amide bonds. The second-order valence-electron chi connectivity index (χ2n) is 5.72. The molecule has 1 fully saturated rings. The molecule has 102 valence electrons. The highest BCUT2D eigenvalue weighted by Gasteiger charge is 2.23. The number of nitrogens with two attached hydrogens (primary N) is 1. The number of hydrogen-bond acceptors (Lipinski definition) is 4. The van der Waals surface area contributed by atoms with Gasteiger partial charge < -0.3 is 5.43 Å². The number of aromatic nitrogens is 2. The van der Waals surface area contributed by atoms with E-state index in [9.17, 15) is 0 Å². The second-order valence-corrected chi connectivity index (χ2v) is 5.72. The summed E-state index contributed by atoms with van der Waals surface area (Å²) in [6, 6.07) is 8.67. The van der Waals surface area contributed by atoms with Crippen molar-refractivity contribution in [3.05, 3.63) is 41.1 Å². The Kier molecular flexibility index (Phi) is 2.70. The minimum Gasteiger partial charge on any atom is -0.308 e. The predicted molar refractivity (Wildman–Crippen MR) is 79.3 cm³/mol. The summed E-state index contributed by atoms with van der Waals surface area (Å²) in [5.74, 6) is 7.95. The molecule has 4 nitrogen and oxygen atoms in total. The van der Waals surface area contributed by atoms with Crippen LogP contribution in [0.1, 0.15) is 42.0 Å². The van der Waals surface area contributed by atoms with Crippen molar-refractivity contribution in [2.45, 2.75) is 38.0 Å². The third-order valence-electron chi connectivity index (χ3n) is 4.29. The van der Waals surface area contributed by atoms with Gasteiger partial charge in [-0.05, 0) is 43.6 Å². The molecule has 0 unspecified atom stereocenters. The van der Waals surface area contributed by atoms with Crippen LogP contribution in [0.15, 0.2) is 24.3 Å². The average molecular weight is 266 g/mol. The summed E-state index contributed by atoms with van der Waals surface area (Å²) < 4.78 is 0. The lowest BCUT2D eigenvalue weighted by Crippen LogP contribution is -2.12. The van der Waals surface area contributed by atoms with E-state index in [1.54, 1.807) is 0 Å². The zero-order chi connectivity index (χ0) is 13.5. The minimum absolute atomic E-state index is 0.779. The van der Waals surface area contributed by atoms with Gasteiger partial charge in [0.1, 0.15) is 5.82 Å². The number of fused-ring (bicyclic) bond motifs is 1. The summed E-state index contributed by atoms with van der Waals surface area (Å²) in [6.45, 7) is 0. The summed E-state index contributed by atoms with van der Waals surface area (Å²) in [4.78, 5) is 9.29. The normalized spacial score (nSPS) is 17.1. The van der Waals surface area contributed by atoms with Crippen LogP contribution in [0.2, 0.25) is 0 Å². The number of aryl methyl sites for hydroxylation is 1. The van der Waals surface area contributed by atoms with Crippen LogP contribution in [0.5, 0.6) is 0 Å². The first kappa shape index (κ1) is 11.9. The first-order valence-electron chi connectivity index (χ1n) is 7.32. The number of anilines is 1. The van der Waals surface area contributed by atoms with Crippen molar-refractivity contribution in [1.82, 2.24) is 9.97 Å². The van der Waals surface area contributed by atoms with Gasteiger partial charge in [-0.3, -0.25) is 0 Å². The van der Waals surface area contributed by atoms with Gasteiger partial charge in [-0.15, -0.1) is 0 Å². The van der Waals surface area contributed by atoms with Crippen molar-refractivity contribution in [2.24, 2.45) is 5.84 Å². The molecule has 1 aromatic heterocycles. The molecule has 1 saturated carbocycles. The lowest BCUT2D eigenvalue weighted by atomic mass is 10.1. The molecule has 2 aliphatic rings. The lowest BCUT2D eigenvalue weighted by molar-refractivity contribution is 0.900. The Morgan fingerprint density at radius 3 is 2.55 bits per heavy atom. The molecule has 1 heterocycles. The Bertz CT molecular complexity index is 644. The number of nitrogens with one attached hydrogen (secondary N) is 1. The van der Waals surface area contributed by atoms with Gasteiger partial charge in [-0.2, -0.15) is 0 Å². The third-order valence-corrected chi connectivity index (χ3v) is 4.29. The van der Waals surface area contributed by atoms with Crippen LogP contribution >= 0.6 is 0 Å². The molecule has 20 heavy (non-hydrogen) atoms. The maximum Gasteiger partial charge on any atom is 0.161 e. The summed E-state index contributed by atoms with van der Waals surface area (Å²) in [5.41, 5.74) is 7.57. The summed E-state index contributed by atoms with van der Waals surface area (Å²) in [7, 11) is 0. The van der Waals surface area contributed by atoms with Crippen LogP contribution in [0.4, 0.5) is 5.82 Å². The minimum atomic E-state index is 0.779. The summed E-state index contributed by atoms with van der Waals surface area (Å²) >= 11 is 0. The smallest absolute Gasteiger partial charge is 0.161 e. The molecule has 2 aromatic rings. The van der Waals surface area contributed by atoms with Crippen molar-refractivity contribution >= 4 is 5.82 Å². The zero-order valence-electron chi connectivity index (χ0n) is 11.4. The van der Waals surface area contributed by atoms with E-state index in [0.717, 1.165) is 48.1 Å². The van der Waals surface area contributed by atoms with Gasteiger partial charge in [-0.1, -0.05) is 24.3 Å². The number of rotatable bonds is 3. The maximum atomic E-state index is 5.60. The Balaban J connectivity index is 1.73. The fourth-order valence-corrected chi connectivity index (χ4v) is 3.00. The highest BCUT2D eigenvalue weighted by atomic mass is 15.3. The van der Waals surface area contributed by atoms with E-state index >= 15 is 0 Å². The average Bonchev–Trinajstić information content (AvgIpc) is 3.24. The zero-order valence-corrected chi connectivity index (χ0v) is 11.4. The molecule has 3 N–H and O–H groups in total. The molecule has 0 spiro atoms. The second kappa shape index (κ2) is 4.56. The number of benzene rings is 1. The fourth-order valence-electron chi connectivity index (χ4n) is 3.00. The van der Waals surface area contributed by atoms with E-state index < -0.39 is 0 Å². The van der Waals surface area contributed by atoms with Gasteiger partial charge in [0.15, 0.2) is 5.82 Å². The Hall–Kier alpha value is -1.94. The molecule has 4 rings (SSSR count). The molecular weight excluding hydrogens is 248 g/mol. The Labute approximate surface area is 118 Å². The largest absolute Gasteiger partial charge is 0.308 e. The number of nitrogen functional groups attached to an aromatic ring is 1. The van der Waals surface area contributed by atoms with Gasteiger partial charge in [0.2, 0.25) is 0 Å². The molecule has 0 aliphatic heterocycles. The SMILES string of the molecule is NNc1nc(-c2ccc(C3CC3)cc2)nc2c1CCC2. The molecule has 0 bridgehead atoms. The van der Waals surface area contributed by atoms with Crippen LogP contribution in [-0.2, 0) is 12.8 Å². The maximum absolute atomic E-state index is 5.60. The van der Waals surface area contributed by atoms with Crippen LogP contribution in [0, 0.1) is 0 Å². The monoisotopic (exact) mass is 266 g/mol. The molecule has 4 heteroatoms. The van der Waals surface area contributed by atoms with Crippen LogP contribution in [0.25, 0.3) is 11.4 Å². The molecule has 0 radical (unpaired) electrons. The molecule has 0 atom stereocenters. The van der Waals surface area contributed by atoms with E-state index in [2.05, 4.69) is 34.7 Å². The van der Waals surface area contributed by atoms with Gasteiger partial charge in [0, 0.05) is 16.8 Å². The molecule has 1 aromatic carbocycles. The van der Waals surface area contributed by atoms with Crippen molar-refractivity contribution in [3.63, 3.8) is 0 Å². The number of hydrazine groups is 1. The van der Waals surface area contributed by atoms with Crippen LogP contribution in [0.3, 0.4) is 0 Å². The van der Waals surface area contributed by atoms with E-state index in [-0.39, 0.29) is 0 Å². The number of nitrogens with zero attached hydrogens (tertiary/aromatic N) is 2. The van der Waals surface area contributed by atoms with Crippen LogP contribution in [-0.4, -0.2) is 9.97 Å². The predicted octanol–water partition coefficient (Wildman–Crippen LogP) is 2.80. The molecule has 0 saturated heterocycles. The van der Waals surface area contributed by atoms with E-state index in [1.807, 2.05) is 0 Å². The lowest BCUT2D eigenvalue weighted by Gasteiger charge is -2.09. The van der Waals surface area contributed by atoms with Crippen molar-refractivity contribution < 1.29 is 0 Å². The van der Waals surface area contributed by atoms with Gasteiger partial charge in [-0.25, -0.2) is 15.8 Å². The van der Waals surface area contributed by atoms with E-state index in [1.165, 1.54) is 24.0 Å². The quantitative estimate of drug-likeness (QED) is 0.662. The topological polar surface area (TPSA) is 63.8 Å². The number of hydrogen-bond donors (Lipinski definition) is 2. The van der Waals surface area contributed by atoms with Crippen LogP contribution < -0.4 is 11.3 Å². The Morgan fingerprint density at radius 1 is 1.05 bits per heavy atom. The first-order valence-corrected chi connectivity index (χ1v) is 7.32. The summed E-state index contributed by atoms with van der Waals surface area (Å²) in [6.07, 6.45) is 5.85. The van der Waals surface area contributed by atoms with E-state index in [4.69, 9.17) is 10.8 Å².